The van der Waals surface area contributed by atoms with Crippen molar-refractivity contribution in [3.63, 3.8) is 0 Å². The summed E-state index contributed by atoms with van der Waals surface area (Å²) in [7, 11) is -1.82. The number of nitrogens with one attached hydrogen (secondary N) is 2. The van der Waals surface area contributed by atoms with Gasteiger partial charge in [0, 0.05) is 31.6 Å². The molecule has 274 valence electrons. The third kappa shape index (κ3) is 11.4. The molecule has 15 heteroatoms. The van der Waals surface area contributed by atoms with Crippen molar-refractivity contribution < 1.29 is 47.1 Å². The number of carbonyl (C=O) groups excluding carboxylic acids is 3. The fourth-order valence-electron chi connectivity index (χ4n) is 6.42. The standard InChI is InChI=1S/C35H48BF3N4O7/c1-3-4-5-6-7-8-9-18-31(36(47)48)41-32(44)29-19-28(49-34(46)42-21-26-15-10-11-16-27(26)22-42)23-43(29)33(45)24(2)40-20-25-14-12-13-17-30(25)50-35(37,38)39/h10-17,24,28-29,31,40,47-48H,3-9,18-23H2,1-2H3,(H,41,44)/t24-,28+,29-,31-/m0/s1. The van der Waals surface area contributed by atoms with Crippen molar-refractivity contribution in [1.82, 2.24) is 20.4 Å². The minimum Gasteiger partial charge on any atom is -0.444 e. The van der Waals surface area contributed by atoms with Crippen LogP contribution in [0.15, 0.2) is 48.5 Å². The number of ether oxygens (including phenoxy) is 2. The summed E-state index contributed by atoms with van der Waals surface area (Å²) in [5, 5.41) is 25.8. The first-order valence-electron chi connectivity index (χ1n) is 17.4. The number of rotatable bonds is 17. The fourth-order valence-corrected chi connectivity index (χ4v) is 6.42. The molecule has 1 saturated heterocycles. The van der Waals surface area contributed by atoms with Crippen LogP contribution in [-0.4, -0.2) is 81.9 Å². The Balaban J connectivity index is 1.42. The zero-order valence-electron chi connectivity index (χ0n) is 28.7. The van der Waals surface area contributed by atoms with E-state index in [2.05, 4.69) is 22.3 Å². The quantitative estimate of drug-likeness (QED) is 0.136. The summed E-state index contributed by atoms with van der Waals surface area (Å²) in [6.07, 6.45) is 1.05. The molecule has 11 nitrogen and oxygen atoms in total. The van der Waals surface area contributed by atoms with Gasteiger partial charge in [0.05, 0.1) is 18.5 Å². The largest absolute Gasteiger partial charge is 0.573 e. The normalized spacial score (nSPS) is 18.4. The molecule has 0 aliphatic carbocycles. The highest BCUT2D eigenvalue weighted by molar-refractivity contribution is 6.43. The number of unbranched alkanes of at least 4 members (excludes halogenated alkanes) is 6. The summed E-state index contributed by atoms with van der Waals surface area (Å²) in [6.45, 7) is 4.14. The SMILES string of the molecule is CCCCCCCCC[C@H](NC(=O)[C@@H]1C[C@@H](OC(=O)N2Cc3ccccc3C2)CN1C(=O)[C@H](C)NCc1ccccc1OC(F)(F)F)B(O)O. The molecule has 0 aromatic heterocycles. The summed E-state index contributed by atoms with van der Waals surface area (Å²) in [4.78, 5) is 43.5. The third-order valence-corrected chi connectivity index (χ3v) is 9.19. The number of hydrogen-bond acceptors (Lipinski definition) is 8. The smallest absolute Gasteiger partial charge is 0.444 e. The number of halogens is 3. The molecule has 4 N–H and O–H groups in total. The van der Waals surface area contributed by atoms with Crippen molar-refractivity contribution in [2.45, 2.75) is 122 Å². The molecule has 0 spiro atoms. The molecule has 2 heterocycles. The predicted octanol–water partition coefficient (Wildman–Crippen LogP) is 4.82. The number of carbonyl (C=O) groups is 3. The zero-order valence-corrected chi connectivity index (χ0v) is 28.7. The Morgan fingerprint density at radius 1 is 0.960 bits per heavy atom. The van der Waals surface area contributed by atoms with Crippen molar-refractivity contribution >= 4 is 25.0 Å². The van der Waals surface area contributed by atoms with Crippen molar-refractivity contribution in [3.8, 4) is 5.75 Å². The first-order valence-corrected chi connectivity index (χ1v) is 17.4. The van der Waals surface area contributed by atoms with E-state index in [1.807, 2.05) is 24.3 Å². The lowest BCUT2D eigenvalue weighted by molar-refractivity contribution is -0.274. The van der Waals surface area contributed by atoms with Crippen LogP contribution in [0.1, 0.15) is 88.3 Å². The second-order valence-corrected chi connectivity index (χ2v) is 13.1. The monoisotopic (exact) mass is 704 g/mol. The van der Waals surface area contributed by atoms with Gasteiger partial charge in [-0.15, -0.1) is 13.2 Å². The summed E-state index contributed by atoms with van der Waals surface area (Å²) in [6, 6.07) is 11.1. The Morgan fingerprint density at radius 2 is 1.58 bits per heavy atom. The molecule has 0 bridgehead atoms. The fraction of sp³-hybridized carbons (Fsp3) is 0.571. The lowest BCUT2D eigenvalue weighted by atomic mass is 9.76. The highest BCUT2D eigenvalue weighted by atomic mass is 19.4. The first-order chi connectivity index (χ1) is 23.9. The topological polar surface area (TPSA) is 141 Å². The highest BCUT2D eigenvalue weighted by Crippen LogP contribution is 2.28. The molecule has 3 amide bonds. The molecule has 4 rings (SSSR count). The van der Waals surface area contributed by atoms with Gasteiger partial charge in [-0.05, 0) is 30.5 Å². The molecule has 2 aromatic rings. The van der Waals surface area contributed by atoms with E-state index < -0.39 is 61.3 Å². The number of likely N-dealkylation sites (tertiary alicyclic amines) is 1. The maximum atomic E-state index is 13.8. The second-order valence-electron chi connectivity index (χ2n) is 13.1. The minimum absolute atomic E-state index is 0.0231. The Hall–Kier alpha value is -3.82. The van der Waals surface area contributed by atoms with Crippen LogP contribution >= 0.6 is 0 Å². The number of nitrogens with zero attached hydrogens (tertiary/aromatic N) is 2. The van der Waals surface area contributed by atoms with Crippen LogP contribution in [0.25, 0.3) is 0 Å². The number of benzene rings is 2. The average Bonchev–Trinajstić information content (AvgIpc) is 3.70. The van der Waals surface area contributed by atoms with Gasteiger partial charge in [-0.25, -0.2) is 4.79 Å². The van der Waals surface area contributed by atoms with E-state index in [4.69, 9.17) is 4.74 Å². The summed E-state index contributed by atoms with van der Waals surface area (Å²) in [5.74, 6) is -2.54. The predicted molar refractivity (Wildman–Crippen MR) is 180 cm³/mol. The molecule has 2 aliphatic heterocycles. The van der Waals surface area contributed by atoms with Gasteiger partial charge in [0.1, 0.15) is 17.9 Å². The zero-order chi connectivity index (χ0) is 36.3. The lowest BCUT2D eigenvalue weighted by Gasteiger charge is -2.28. The van der Waals surface area contributed by atoms with Gasteiger partial charge in [-0.1, -0.05) is 94.3 Å². The van der Waals surface area contributed by atoms with Crippen molar-refractivity contribution in [2.24, 2.45) is 0 Å². The van der Waals surface area contributed by atoms with E-state index in [-0.39, 0.29) is 25.1 Å². The van der Waals surface area contributed by atoms with Gasteiger partial charge in [-0.3, -0.25) is 14.5 Å². The van der Waals surface area contributed by atoms with Crippen molar-refractivity contribution in [1.29, 1.82) is 0 Å². The molecule has 4 atom stereocenters. The number of para-hydroxylation sites is 1. The van der Waals surface area contributed by atoms with E-state index in [0.717, 1.165) is 43.2 Å². The summed E-state index contributed by atoms with van der Waals surface area (Å²) >= 11 is 0. The molecule has 2 aromatic carbocycles. The first kappa shape index (κ1) is 39.0. The molecule has 1 fully saturated rings. The molecular weight excluding hydrogens is 656 g/mol. The number of fused-ring (bicyclic) bond motifs is 1. The van der Waals surface area contributed by atoms with Gasteiger partial charge in [0.25, 0.3) is 0 Å². The second kappa shape index (κ2) is 18.4. The third-order valence-electron chi connectivity index (χ3n) is 9.19. The molecule has 0 saturated carbocycles. The average molecular weight is 705 g/mol. The maximum absolute atomic E-state index is 13.8. The van der Waals surface area contributed by atoms with Crippen LogP contribution in [0.4, 0.5) is 18.0 Å². The van der Waals surface area contributed by atoms with Crippen molar-refractivity contribution in [3.05, 3.63) is 65.2 Å². The van der Waals surface area contributed by atoms with Crippen LogP contribution < -0.4 is 15.4 Å². The molecule has 2 aliphatic rings. The minimum atomic E-state index is -4.90. The molecule has 0 unspecified atom stereocenters. The Kier molecular flexibility index (Phi) is 14.4. The van der Waals surface area contributed by atoms with Crippen LogP contribution in [0.3, 0.4) is 0 Å². The van der Waals surface area contributed by atoms with E-state index in [9.17, 15) is 37.6 Å². The molecule has 50 heavy (non-hydrogen) atoms. The van der Waals surface area contributed by atoms with Crippen LogP contribution in [0, 0.1) is 0 Å². The number of alkyl halides is 3. The molecule has 0 radical (unpaired) electrons. The van der Waals surface area contributed by atoms with Crippen LogP contribution in [-0.2, 0) is 34.0 Å². The lowest BCUT2D eigenvalue weighted by Crippen LogP contribution is -2.55. The van der Waals surface area contributed by atoms with Crippen LogP contribution in [0.2, 0.25) is 0 Å². The van der Waals surface area contributed by atoms with Gasteiger partial charge in [0.15, 0.2) is 0 Å². The number of amides is 3. The highest BCUT2D eigenvalue weighted by Gasteiger charge is 2.44. The van der Waals surface area contributed by atoms with E-state index in [1.165, 1.54) is 41.3 Å². The van der Waals surface area contributed by atoms with Gasteiger partial charge < -0.3 is 35.1 Å². The van der Waals surface area contributed by atoms with Gasteiger partial charge in [-0.2, -0.15) is 0 Å². The Morgan fingerprint density at radius 3 is 2.22 bits per heavy atom. The molecular formula is C35H48BF3N4O7. The number of hydrogen-bond donors (Lipinski definition) is 4. The van der Waals surface area contributed by atoms with Crippen molar-refractivity contribution in [2.75, 3.05) is 6.54 Å². The van der Waals surface area contributed by atoms with E-state index in [1.54, 1.807) is 6.07 Å². The van der Waals surface area contributed by atoms with E-state index in [0.29, 0.717) is 25.9 Å². The van der Waals surface area contributed by atoms with Gasteiger partial charge >= 0.3 is 19.6 Å². The Labute approximate surface area is 291 Å². The van der Waals surface area contributed by atoms with Gasteiger partial charge in [0.2, 0.25) is 11.8 Å². The summed E-state index contributed by atoms with van der Waals surface area (Å²) in [5.41, 5.74) is 2.17. The van der Waals surface area contributed by atoms with Crippen LogP contribution in [0.5, 0.6) is 5.75 Å². The van der Waals surface area contributed by atoms with E-state index >= 15 is 0 Å². The maximum Gasteiger partial charge on any atom is 0.573 e. The Bertz CT molecular complexity index is 1410. The summed E-state index contributed by atoms with van der Waals surface area (Å²) < 4.78 is 48.7.